The van der Waals surface area contributed by atoms with Crippen molar-refractivity contribution in [2.75, 3.05) is 30.4 Å². The molecule has 0 aromatic heterocycles. The fourth-order valence-electron chi connectivity index (χ4n) is 3.10. The number of carboxylic acid groups (broad SMARTS) is 1. The molecule has 0 aliphatic carbocycles. The molecule has 0 bridgehead atoms. The number of hydrogen-bond donors (Lipinski definition) is 7. The first-order valence-electron chi connectivity index (χ1n) is 10.0. The third-order valence-electron chi connectivity index (χ3n) is 4.69. The number of carbonyl (C=O) groups is 2. The van der Waals surface area contributed by atoms with E-state index in [1.165, 1.54) is 6.08 Å². The van der Waals surface area contributed by atoms with Gasteiger partial charge in [-0.1, -0.05) is 18.8 Å². The number of rotatable bonds is 14. The number of ether oxygens (including phenoxy) is 1. The molecule has 32 heavy (non-hydrogen) atoms. The second kappa shape index (κ2) is 14.4. The maximum absolute atomic E-state index is 12.1. The van der Waals surface area contributed by atoms with E-state index in [0.29, 0.717) is 29.5 Å². The van der Waals surface area contributed by atoms with Crippen molar-refractivity contribution in [2.24, 2.45) is 0 Å². The highest BCUT2D eigenvalue weighted by molar-refractivity contribution is 8.01. The SMILES string of the molecule is C=CC(=O)NCCSCCCS[C@]1(C(=O)O)C[C@H](O)[C@@H](NC(C)=S)[C@H]([C@H](O)[C@H](O)CO)O1. The lowest BCUT2D eigenvalue weighted by Gasteiger charge is -2.47. The average molecular weight is 513 g/mol. The molecule has 7 N–H and O–H groups in total. The van der Waals surface area contributed by atoms with Crippen LogP contribution in [0.4, 0.5) is 0 Å². The Morgan fingerprint density at radius 3 is 2.59 bits per heavy atom. The van der Waals surface area contributed by atoms with E-state index < -0.39 is 48.0 Å². The number of aliphatic hydroxyl groups is 4. The number of nitrogens with one attached hydrogen (secondary N) is 2. The summed E-state index contributed by atoms with van der Waals surface area (Å²) in [4.78, 5) is 21.6. The standard InChI is InChI=1S/C19H32N2O8S3/c1-3-14(25)20-5-8-31-6-4-7-32-19(18(27)28)9-12(23)15(21-11(2)30)17(29-19)16(26)13(24)10-22/h3,12-13,15-17,22-24,26H,1,4-10H2,2H3,(H,20,25)(H,21,30)(H,27,28)/t12-,13+,15+,16+,17+,19-/m0/s1. The predicted molar refractivity (Wildman–Crippen MR) is 128 cm³/mol. The Bertz CT molecular complexity index is 656. The molecule has 0 aromatic carbocycles. The molecule has 184 valence electrons. The maximum Gasteiger partial charge on any atom is 0.346 e. The quantitative estimate of drug-likeness (QED) is 0.0871. The van der Waals surface area contributed by atoms with Crippen molar-refractivity contribution >= 4 is 52.6 Å². The summed E-state index contributed by atoms with van der Waals surface area (Å²) in [7, 11) is 0. The van der Waals surface area contributed by atoms with Crippen LogP contribution < -0.4 is 10.6 Å². The highest BCUT2D eigenvalue weighted by atomic mass is 32.2. The Balaban J connectivity index is 2.74. The second-order valence-electron chi connectivity index (χ2n) is 7.19. The molecule has 0 spiro atoms. The molecule has 1 saturated heterocycles. The van der Waals surface area contributed by atoms with Gasteiger partial charge in [-0.05, 0) is 30.9 Å². The summed E-state index contributed by atoms with van der Waals surface area (Å²) >= 11 is 7.59. The third kappa shape index (κ3) is 8.78. The van der Waals surface area contributed by atoms with Gasteiger partial charge in [0.2, 0.25) is 10.8 Å². The van der Waals surface area contributed by atoms with Crippen LogP contribution in [-0.4, -0.2) is 108 Å². The van der Waals surface area contributed by atoms with Crippen molar-refractivity contribution in [3.63, 3.8) is 0 Å². The average Bonchev–Trinajstić information content (AvgIpc) is 2.75. The van der Waals surface area contributed by atoms with Crippen molar-refractivity contribution in [1.29, 1.82) is 0 Å². The second-order valence-corrected chi connectivity index (χ2v) is 10.4. The number of carboxylic acids is 1. The summed E-state index contributed by atoms with van der Waals surface area (Å²) < 4.78 is 5.78. The van der Waals surface area contributed by atoms with Crippen LogP contribution in [-0.2, 0) is 14.3 Å². The molecule has 1 amide bonds. The summed E-state index contributed by atoms with van der Waals surface area (Å²) in [5.41, 5.74) is 0. The molecule has 0 aromatic rings. The molecule has 0 radical (unpaired) electrons. The Labute approximate surface area is 201 Å². The Morgan fingerprint density at radius 1 is 1.34 bits per heavy atom. The van der Waals surface area contributed by atoms with E-state index in [4.69, 9.17) is 17.0 Å². The van der Waals surface area contributed by atoms with Gasteiger partial charge in [0.15, 0.2) is 0 Å². The minimum atomic E-state index is -1.84. The van der Waals surface area contributed by atoms with E-state index in [9.17, 15) is 35.1 Å². The number of thioether (sulfide) groups is 2. The molecule has 0 unspecified atom stereocenters. The zero-order valence-electron chi connectivity index (χ0n) is 17.8. The van der Waals surface area contributed by atoms with Crippen molar-refractivity contribution < 1.29 is 39.9 Å². The number of thiocarbonyl (C=S) groups is 1. The van der Waals surface area contributed by atoms with Crippen LogP contribution in [0.2, 0.25) is 0 Å². The van der Waals surface area contributed by atoms with Crippen molar-refractivity contribution in [1.82, 2.24) is 10.6 Å². The van der Waals surface area contributed by atoms with Gasteiger partial charge in [0, 0.05) is 18.7 Å². The van der Waals surface area contributed by atoms with Crippen LogP contribution in [0.5, 0.6) is 0 Å². The Hall–Kier alpha value is -0.930. The van der Waals surface area contributed by atoms with Gasteiger partial charge >= 0.3 is 5.97 Å². The first kappa shape index (κ1) is 29.1. The Kier molecular flexibility index (Phi) is 13.1. The third-order valence-corrected chi connectivity index (χ3v) is 7.27. The van der Waals surface area contributed by atoms with Gasteiger partial charge < -0.3 is 40.9 Å². The number of amides is 1. The fourth-order valence-corrected chi connectivity index (χ4v) is 5.42. The van der Waals surface area contributed by atoms with Crippen LogP contribution in [0, 0.1) is 0 Å². The first-order chi connectivity index (χ1) is 15.1. The van der Waals surface area contributed by atoms with E-state index >= 15 is 0 Å². The fraction of sp³-hybridized carbons (Fsp3) is 0.737. The molecular formula is C19H32N2O8S3. The monoisotopic (exact) mass is 512 g/mol. The summed E-state index contributed by atoms with van der Waals surface area (Å²) in [6.45, 7) is 4.66. The van der Waals surface area contributed by atoms with E-state index in [0.717, 1.165) is 17.5 Å². The minimum absolute atomic E-state index is 0.239. The lowest BCUT2D eigenvalue weighted by atomic mass is 9.90. The minimum Gasteiger partial charge on any atom is -0.478 e. The first-order valence-corrected chi connectivity index (χ1v) is 12.6. The van der Waals surface area contributed by atoms with Gasteiger partial charge in [-0.25, -0.2) is 4.79 Å². The summed E-state index contributed by atoms with van der Waals surface area (Å²) in [6, 6.07) is -0.960. The zero-order chi connectivity index (χ0) is 24.3. The molecule has 1 rings (SSSR count). The normalized spacial score (nSPS) is 27.2. The molecule has 0 saturated carbocycles. The maximum atomic E-state index is 12.1. The van der Waals surface area contributed by atoms with E-state index in [2.05, 4.69) is 17.2 Å². The largest absolute Gasteiger partial charge is 0.478 e. The lowest BCUT2D eigenvalue weighted by Crippen LogP contribution is -2.66. The van der Waals surface area contributed by atoms with Crippen LogP contribution in [0.25, 0.3) is 0 Å². The summed E-state index contributed by atoms with van der Waals surface area (Å²) in [6.07, 6.45) is -4.22. The zero-order valence-corrected chi connectivity index (χ0v) is 20.3. The van der Waals surface area contributed by atoms with Gasteiger partial charge in [-0.3, -0.25) is 4.79 Å². The highest BCUT2D eigenvalue weighted by Crippen LogP contribution is 2.40. The Morgan fingerprint density at radius 2 is 2.03 bits per heavy atom. The van der Waals surface area contributed by atoms with Crippen LogP contribution in [0.1, 0.15) is 19.8 Å². The van der Waals surface area contributed by atoms with Crippen molar-refractivity contribution in [3.05, 3.63) is 12.7 Å². The van der Waals surface area contributed by atoms with Gasteiger partial charge in [0.1, 0.15) is 18.3 Å². The number of carbonyl (C=O) groups excluding carboxylic acids is 1. The molecule has 13 heteroatoms. The number of hydrogen-bond acceptors (Lipinski definition) is 10. The summed E-state index contributed by atoms with van der Waals surface area (Å²) in [5, 5.41) is 55.5. The lowest BCUT2D eigenvalue weighted by molar-refractivity contribution is -0.203. The van der Waals surface area contributed by atoms with Crippen LogP contribution in [0.15, 0.2) is 12.7 Å². The van der Waals surface area contributed by atoms with Crippen molar-refractivity contribution in [3.8, 4) is 0 Å². The molecular weight excluding hydrogens is 480 g/mol. The van der Waals surface area contributed by atoms with Gasteiger partial charge in [-0.2, -0.15) is 11.8 Å². The number of aliphatic carboxylic acids is 1. The van der Waals surface area contributed by atoms with Gasteiger partial charge in [-0.15, -0.1) is 11.8 Å². The van der Waals surface area contributed by atoms with E-state index in [1.807, 2.05) is 0 Å². The van der Waals surface area contributed by atoms with Gasteiger partial charge in [0.25, 0.3) is 0 Å². The summed E-state index contributed by atoms with van der Waals surface area (Å²) in [5.74, 6) is 0.271. The van der Waals surface area contributed by atoms with Crippen molar-refractivity contribution in [2.45, 2.75) is 55.2 Å². The predicted octanol–water partition coefficient (Wildman–Crippen LogP) is -0.905. The topological polar surface area (TPSA) is 169 Å². The van der Waals surface area contributed by atoms with E-state index in [-0.39, 0.29) is 12.3 Å². The molecule has 1 aliphatic rings. The molecule has 1 aliphatic heterocycles. The molecule has 6 atom stereocenters. The smallest absolute Gasteiger partial charge is 0.346 e. The van der Waals surface area contributed by atoms with Crippen LogP contribution in [0.3, 0.4) is 0 Å². The molecule has 1 fully saturated rings. The van der Waals surface area contributed by atoms with E-state index in [1.54, 1.807) is 18.7 Å². The molecule has 1 heterocycles. The van der Waals surface area contributed by atoms with Gasteiger partial charge in [0.05, 0.1) is 23.7 Å². The molecule has 10 nitrogen and oxygen atoms in total. The highest BCUT2D eigenvalue weighted by Gasteiger charge is 2.54. The van der Waals surface area contributed by atoms with Crippen LogP contribution >= 0.6 is 35.7 Å². The number of aliphatic hydroxyl groups excluding tert-OH is 4.